The van der Waals surface area contributed by atoms with E-state index in [1.54, 1.807) is 0 Å². The highest BCUT2D eigenvalue weighted by Gasteiger charge is 1.98. The van der Waals surface area contributed by atoms with Crippen LogP contribution in [0.4, 0.5) is 5.69 Å². The predicted molar refractivity (Wildman–Crippen MR) is 57.9 cm³/mol. The second-order valence-corrected chi connectivity index (χ2v) is 3.12. The normalized spacial score (nSPS) is 9.31. The van der Waals surface area contributed by atoms with Gasteiger partial charge in [-0.2, -0.15) is 0 Å². The lowest BCUT2D eigenvalue weighted by atomic mass is 10.2. The van der Waals surface area contributed by atoms with Crippen LogP contribution in [0, 0.1) is 12.3 Å². The molecular weight excluding hydrogens is 158 g/mol. The molecule has 0 amide bonds. The van der Waals surface area contributed by atoms with E-state index < -0.39 is 0 Å². The first-order chi connectivity index (χ1) is 6.27. The maximum absolute atomic E-state index is 5.32. The highest BCUT2D eigenvalue weighted by Crippen LogP contribution is 2.14. The van der Waals surface area contributed by atoms with E-state index in [0.717, 1.165) is 18.5 Å². The van der Waals surface area contributed by atoms with Gasteiger partial charge in [0.05, 0.1) is 0 Å². The van der Waals surface area contributed by atoms with Crippen molar-refractivity contribution in [3.05, 3.63) is 29.8 Å². The van der Waals surface area contributed by atoms with Gasteiger partial charge in [-0.3, -0.25) is 0 Å². The SMILES string of the molecule is C#Cc1cccc(N(C)CCC)c1. The fourth-order valence-corrected chi connectivity index (χ4v) is 1.30. The van der Waals surface area contributed by atoms with Gasteiger partial charge in [-0.25, -0.2) is 0 Å². The Morgan fingerprint density at radius 3 is 2.85 bits per heavy atom. The van der Waals surface area contributed by atoms with Crippen molar-refractivity contribution in [2.45, 2.75) is 13.3 Å². The third-order valence-corrected chi connectivity index (χ3v) is 2.01. The standard InChI is InChI=1S/C12H15N/c1-4-9-13(3)12-8-6-7-11(5-2)10-12/h2,6-8,10H,4,9H2,1,3H3. The van der Waals surface area contributed by atoms with Crippen molar-refractivity contribution in [2.24, 2.45) is 0 Å². The molecule has 1 rings (SSSR count). The molecule has 1 aromatic rings. The highest BCUT2D eigenvalue weighted by molar-refractivity contribution is 5.51. The first-order valence-corrected chi connectivity index (χ1v) is 4.55. The molecule has 0 saturated carbocycles. The lowest BCUT2D eigenvalue weighted by Crippen LogP contribution is -2.17. The minimum atomic E-state index is 0.945. The van der Waals surface area contributed by atoms with Crippen molar-refractivity contribution >= 4 is 5.69 Å². The number of terminal acetylenes is 1. The summed E-state index contributed by atoms with van der Waals surface area (Å²) >= 11 is 0. The molecule has 0 fully saturated rings. The topological polar surface area (TPSA) is 3.24 Å². The van der Waals surface area contributed by atoms with Gasteiger partial charge in [0.25, 0.3) is 0 Å². The molecule has 0 aliphatic rings. The van der Waals surface area contributed by atoms with E-state index in [9.17, 15) is 0 Å². The van der Waals surface area contributed by atoms with Gasteiger partial charge in [-0.15, -0.1) is 6.42 Å². The van der Waals surface area contributed by atoms with E-state index in [1.165, 1.54) is 5.69 Å². The molecule has 1 nitrogen and oxygen atoms in total. The summed E-state index contributed by atoms with van der Waals surface area (Å²) in [6.07, 6.45) is 6.47. The van der Waals surface area contributed by atoms with Crippen molar-refractivity contribution in [3.63, 3.8) is 0 Å². The molecule has 1 aromatic carbocycles. The fourth-order valence-electron chi connectivity index (χ4n) is 1.30. The van der Waals surface area contributed by atoms with Gasteiger partial charge in [0, 0.05) is 24.8 Å². The monoisotopic (exact) mass is 173 g/mol. The van der Waals surface area contributed by atoms with Gasteiger partial charge in [-0.05, 0) is 24.6 Å². The Morgan fingerprint density at radius 2 is 2.23 bits per heavy atom. The number of hydrogen-bond donors (Lipinski definition) is 0. The predicted octanol–water partition coefficient (Wildman–Crippen LogP) is 2.51. The number of hydrogen-bond acceptors (Lipinski definition) is 1. The zero-order valence-corrected chi connectivity index (χ0v) is 8.25. The quantitative estimate of drug-likeness (QED) is 0.635. The summed E-state index contributed by atoms with van der Waals surface area (Å²) in [5, 5.41) is 0. The number of rotatable bonds is 3. The maximum atomic E-state index is 5.32. The number of nitrogens with zero attached hydrogens (tertiary/aromatic N) is 1. The van der Waals surface area contributed by atoms with Crippen LogP contribution in [0.25, 0.3) is 0 Å². The zero-order chi connectivity index (χ0) is 9.68. The average Bonchev–Trinajstić information content (AvgIpc) is 2.18. The van der Waals surface area contributed by atoms with E-state index in [2.05, 4.69) is 30.9 Å². The van der Waals surface area contributed by atoms with Crippen molar-refractivity contribution in [1.29, 1.82) is 0 Å². The molecule has 0 atom stereocenters. The minimum Gasteiger partial charge on any atom is -0.375 e. The fraction of sp³-hybridized carbons (Fsp3) is 0.333. The summed E-state index contributed by atoms with van der Waals surface area (Å²) in [6, 6.07) is 8.06. The second-order valence-electron chi connectivity index (χ2n) is 3.12. The maximum Gasteiger partial charge on any atom is 0.0376 e. The molecule has 0 heterocycles. The van der Waals surface area contributed by atoms with Crippen LogP contribution in [0.5, 0.6) is 0 Å². The largest absolute Gasteiger partial charge is 0.375 e. The smallest absolute Gasteiger partial charge is 0.0376 e. The summed E-state index contributed by atoms with van der Waals surface area (Å²) in [5.41, 5.74) is 2.14. The summed E-state index contributed by atoms with van der Waals surface area (Å²) in [7, 11) is 2.08. The van der Waals surface area contributed by atoms with Crippen molar-refractivity contribution in [2.75, 3.05) is 18.5 Å². The number of anilines is 1. The lowest BCUT2D eigenvalue weighted by molar-refractivity contribution is 0.852. The first-order valence-electron chi connectivity index (χ1n) is 4.55. The zero-order valence-electron chi connectivity index (χ0n) is 8.25. The van der Waals surface area contributed by atoms with Crippen molar-refractivity contribution in [1.82, 2.24) is 0 Å². The molecule has 0 bridgehead atoms. The Balaban J connectivity index is 2.83. The van der Waals surface area contributed by atoms with E-state index >= 15 is 0 Å². The van der Waals surface area contributed by atoms with Gasteiger partial charge >= 0.3 is 0 Å². The molecule has 0 aliphatic carbocycles. The lowest BCUT2D eigenvalue weighted by Gasteiger charge is -2.18. The van der Waals surface area contributed by atoms with Crippen LogP contribution in [0.15, 0.2) is 24.3 Å². The van der Waals surface area contributed by atoms with Gasteiger partial charge in [0.15, 0.2) is 0 Å². The first kappa shape index (κ1) is 9.67. The molecule has 0 aromatic heterocycles. The van der Waals surface area contributed by atoms with Crippen molar-refractivity contribution in [3.8, 4) is 12.3 Å². The van der Waals surface area contributed by atoms with Crippen LogP contribution in [0.1, 0.15) is 18.9 Å². The summed E-state index contributed by atoms with van der Waals surface area (Å²) in [4.78, 5) is 2.21. The van der Waals surface area contributed by atoms with Gasteiger partial charge in [0.2, 0.25) is 0 Å². The molecular formula is C12H15N. The van der Waals surface area contributed by atoms with E-state index in [1.807, 2.05) is 18.2 Å². The van der Waals surface area contributed by atoms with Crippen LogP contribution in [-0.2, 0) is 0 Å². The second kappa shape index (κ2) is 4.57. The summed E-state index contributed by atoms with van der Waals surface area (Å²) in [5.74, 6) is 2.64. The van der Waals surface area contributed by atoms with Crippen LogP contribution in [0.2, 0.25) is 0 Å². The Morgan fingerprint density at radius 1 is 1.46 bits per heavy atom. The molecule has 0 radical (unpaired) electrons. The van der Waals surface area contributed by atoms with Crippen LogP contribution >= 0.6 is 0 Å². The Hall–Kier alpha value is -1.42. The Bertz CT molecular complexity index is 309. The Labute approximate surface area is 80.4 Å². The van der Waals surface area contributed by atoms with Gasteiger partial charge in [0.1, 0.15) is 0 Å². The third-order valence-electron chi connectivity index (χ3n) is 2.01. The summed E-state index contributed by atoms with van der Waals surface area (Å²) in [6.45, 7) is 3.23. The molecule has 0 unspecified atom stereocenters. The summed E-state index contributed by atoms with van der Waals surface area (Å²) < 4.78 is 0. The minimum absolute atomic E-state index is 0.945. The molecule has 13 heavy (non-hydrogen) atoms. The molecule has 0 spiro atoms. The van der Waals surface area contributed by atoms with Crippen LogP contribution in [-0.4, -0.2) is 13.6 Å². The number of benzene rings is 1. The van der Waals surface area contributed by atoms with Crippen molar-refractivity contribution < 1.29 is 0 Å². The molecule has 0 N–H and O–H groups in total. The molecule has 0 aliphatic heterocycles. The van der Waals surface area contributed by atoms with E-state index in [0.29, 0.717) is 0 Å². The Kier molecular flexibility index (Phi) is 3.40. The highest BCUT2D eigenvalue weighted by atomic mass is 15.1. The van der Waals surface area contributed by atoms with E-state index in [-0.39, 0.29) is 0 Å². The molecule has 1 heteroatoms. The van der Waals surface area contributed by atoms with Gasteiger partial charge < -0.3 is 4.90 Å². The van der Waals surface area contributed by atoms with Crippen LogP contribution in [0.3, 0.4) is 0 Å². The average molecular weight is 173 g/mol. The van der Waals surface area contributed by atoms with E-state index in [4.69, 9.17) is 6.42 Å². The third kappa shape index (κ3) is 2.52. The van der Waals surface area contributed by atoms with Gasteiger partial charge in [-0.1, -0.05) is 18.9 Å². The molecule has 0 saturated heterocycles. The molecule has 68 valence electrons. The van der Waals surface area contributed by atoms with Crippen LogP contribution < -0.4 is 4.90 Å².